The van der Waals surface area contributed by atoms with Crippen molar-refractivity contribution in [2.75, 3.05) is 5.32 Å². The lowest BCUT2D eigenvalue weighted by atomic mass is 10.2. The third kappa shape index (κ3) is 3.40. The van der Waals surface area contributed by atoms with Gasteiger partial charge in [-0.2, -0.15) is 13.2 Å². The van der Waals surface area contributed by atoms with E-state index in [1.54, 1.807) is 0 Å². The van der Waals surface area contributed by atoms with Crippen LogP contribution in [0.25, 0.3) is 0 Å². The summed E-state index contributed by atoms with van der Waals surface area (Å²) >= 11 is 0. The zero-order valence-corrected chi connectivity index (χ0v) is 12.4. The van der Waals surface area contributed by atoms with Crippen LogP contribution in [-0.2, 0) is 19.3 Å². The predicted octanol–water partition coefficient (Wildman–Crippen LogP) is 4.76. The second-order valence-electron chi connectivity index (χ2n) is 5.07. The molecule has 1 aromatic heterocycles. The Kier molecular flexibility index (Phi) is 4.30. The standard InChI is InChI=1S/C16H19F3N2/c1-4-21-11(2)9-13(12(21)3)10-20-15-7-5-14(6-8-15)16(17,18)19/h5-9,20H,4,10H2,1-3H3. The van der Waals surface area contributed by atoms with Crippen molar-refractivity contribution >= 4 is 5.69 Å². The minimum absolute atomic E-state index is 0.602. The summed E-state index contributed by atoms with van der Waals surface area (Å²) in [7, 11) is 0. The molecule has 0 aliphatic rings. The van der Waals surface area contributed by atoms with Crippen LogP contribution in [-0.4, -0.2) is 4.57 Å². The maximum absolute atomic E-state index is 12.5. The predicted molar refractivity (Wildman–Crippen MR) is 78.4 cm³/mol. The molecule has 2 nitrogen and oxygen atoms in total. The monoisotopic (exact) mass is 296 g/mol. The van der Waals surface area contributed by atoms with Crippen LogP contribution < -0.4 is 5.32 Å². The molecular formula is C16H19F3N2. The molecule has 5 heteroatoms. The van der Waals surface area contributed by atoms with Gasteiger partial charge in [0.1, 0.15) is 0 Å². The number of benzene rings is 1. The van der Waals surface area contributed by atoms with E-state index >= 15 is 0 Å². The first-order valence-corrected chi connectivity index (χ1v) is 6.89. The third-order valence-corrected chi connectivity index (χ3v) is 3.69. The van der Waals surface area contributed by atoms with Crippen molar-refractivity contribution in [3.63, 3.8) is 0 Å². The normalized spacial score (nSPS) is 11.7. The molecule has 0 radical (unpaired) electrons. The highest BCUT2D eigenvalue weighted by Crippen LogP contribution is 2.30. The molecule has 0 fully saturated rings. The fourth-order valence-electron chi connectivity index (χ4n) is 2.51. The fraction of sp³-hybridized carbons (Fsp3) is 0.375. The van der Waals surface area contributed by atoms with E-state index in [4.69, 9.17) is 0 Å². The molecule has 0 unspecified atom stereocenters. The van der Waals surface area contributed by atoms with Crippen LogP contribution >= 0.6 is 0 Å². The topological polar surface area (TPSA) is 17.0 Å². The molecule has 1 N–H and O–H groups in total. The smallest absolute Gasteiger partial charge is 0.381 e. The number of aryl methyl sites for hydroxylation is 1. The number of hydrogen-bond donors (Lipinski definition) is 1. The van der Waals surface area contributed by atoms with Crippen molar-refractivity contribution in [1.29, 1.82) is 0 Å². The average molecular weight is 296 g/mol. The van der Waals surface area contributed by atoms with Gasteiger partial charge < -0.3 is 9.88 Å². The van der Waals surface area contributed by atoms with Gasteiger partial charge in [-0.05, 0) is 56.7 Å². The summed E-state index contributed by atoms with van der Waals surface area (Å²) in [5.74, 6) is 0. The maximum atomic E-state index is 12.5. The highest BCUT2D eigenvalue weighted by atomic mass is 19.4. The van der Waals surface area contributed by atoms with Crippen molar-refractivity contribution in [3.8, 4) is 0 Å². The van der Waals surface area contributed by atoms with Crippen molar-refractivity contribution in [2.45, 2.75) is 40.0 Å². The summed E-state index contributed by atoms with van der Waals surface area (Å²) < 4.78 is 39.7. The van der Waals surface area contributed by atoms with E-state index in [1.807, 2.05) is 0 Å². The Labute approximate surface area is 122 Å². The molecule has 0 saturated carbocycles. The molecule has 114 valence electrons. The largest absolute Gasteiger partial charge is 0.416 e. The molecule has 0 aliphatic heterocycles. The van der Waals surface area contributed by atoms with Gasteiger partial charge in [-0.25, -0.2) is 0 Å². The van der Waals surface area contributed by atoms with E-state index < -0.39 is 11.7 Å². The van der Waals surface area contributed by atoms with E-state index in [0.717, 1.165) is 24.2 Å². The molecule has 2 rings (SSSR count). The van der Waals surface area contributed by atoms with E-state index in [2.05, 4.69) is 36.7 Å². The molecule has 0 amide bonds. The maximum Gasteiger partial charge on any atom is 0.416 e. The average Bonchev–Trinajstić information content (AvgIpc) is 2.70. The zero-order valence-electron chi connectivity index (χ0n) is 12.4. The molecule has 0 atom stereocenters. The Morgan fingerprint density at radius 2 is 1.71 bits per heavy atom. The van der Waals surface area contributed by atoms with Crippen LogP contribution in [0.15, 0.2) is 30.3 Å². The highest BCUT2D eigenvalue weighted by molar-refractivity contribution is 5.46. The minimum atomic E-state index is -4.29. The molecular weight excluding hydrogens is 277 g/mol. The van der Waals surface area contributed by atoms with Crippen molar-refractivity contribution in [3.05, 3.63) is 52.8 Å². The number of alkyl halides is 3. The van der Waals surface area contributed by atoms with Crippen LogP contribution in [0.2, 0.25) is 0 Å². The van der Waals surface area contributed by atoms with Gasteiger partial charge in [-0.15, -0.1) is 0 Å². The van der Waals surface area contributed by atoms with Crippen LogP contribution in [0, 0.1) is 13.8 Å². The molecule has 0 aliphatic carbocycles. The number of rotatable bonds is 4. The zero-order chi connectivity index (χ0) is 15.6. The molecule has 0 saturated heterocycles. The Morgan fingerprint density at radius 3 is 2.19 bits per heavy atom. The first-order chi connectivity index (χ1) is 9.82. The molecule has 1 aromatic carbocycles. The van der Waals surface area contributed by atoms with Gasteiger partial charge >= 0.3 is 6.18 Å². The van der Waals surface area contributed by atoms with E-state index in [1.165, 1.54) is 23.5 Å². The number of aromatic nitrogens is 1. The van der Waals surface area contributed by atoms with Crippen LogP contribution in [0.3, 0.4) is 0 Å². The van der Waals surface area contributed by atoms with Gasteiger partial charge in [0.05, 0.1) is 5.56 Å². The minimum Gasteiger partial charge on any atom is -0.381 e. The van der Waals surface area contributed by atoms with Gasteiger partial charge in [0, 0.05) is 30.2 Å². The number of halogens is 3. The van der Waals surface area contributed by atoms with Crippen LogP contribution in [0.4, 0.5) is 18.9 Å². The molecule has 1 heterocycles. The Balaban J connectivity index is 2.07. The van der Waals surface area contributed by atoms with E-state index in [-0.39, 0.29) is 0 Å². The van der Waals surface area contributed by atoms with Gasteiger partial charge in [0.25, 0.3) is 0 Å². The summed E-state index contributed by atoms with van der Waals surface area (Å²) in [6.45, 7) is 7.72. The molecule has 2 aromatic rings. The fourth-order valence-corrected chi connectivity index (χ4v) is 2.51. The molecule has 21 heavy (non-hydrogen) atoms. The number of anilines is 1. The van der Waals surface area contributed by atoms with Gasteiger partial charge in [-0.1, -0.05) is 0 Å². The van der Waals surface area contributed by atoms with E-state index in [9.17, 15) is 13.2 Å². The molecule has 0 bridgehead atoms. The third-order valence-electron chi connectivity index (χ3n) is 3.69. The first-order valence-electron chi connectivity index (χ1n) is 6.89. The highest BCUT2D eigenvalue weighted by Gasteiger charge is 2.29. The van der Waals surface area contributed by atoms with Crippen LogP contribution in [0.1, 0.15) is 29.4 Å². The summed E-state index contributed by atoms with van der Waals surface area (Å²) in [5.41, 5.74) is 3.60. The van der Waals surface area contributed by atoms with Gasteiger partial charge in [0.2, 0.25) is 0 Å². The van der Waals surface area contributed by atoms with E-state index in [0.29, 0.717) is 12.2 Å². The van der Waals surface area contributed by atoms with Crippen molar-refractivity contribution in [2.24, 2.45) is 0 Å². The molecule has 0 spiro atoms. The number of hydrogen-bond acceptors (Lipinski definition) is 1. The lowest BCUT2D eigenvalue weighted by molar-refractivity contribution is -0.137. The second-order valence-corrected chi connectivity index (χ2v) is 5.07. The second kappa shape index (κ2) is 5.84. The Bertz CT molecular complexity index is 610. The van der Waals surface area contributed by atoms with Gasteiger partial charge in [-0.3, -0.25) is 0 Å². The summed E-state index contributed by atoms with van der Waals surface area (Å²) in [6.07, 6.45) is -4.29. The van der Waals surface area contributed by atoms with Gasteiger partial charge in [0.15, 0.2) is 0 Å². The van der Waals surface area contributed by atoms with Crippen molar-refractivity contribution in [1.82, 2.24) is 4.57 Å². The quantitative estimate of drug-likeness (QED) is 0.861. The summed E-state index contributed by atoms with van der Waals surface area (Å²) in [5, 5.41) is 3.16. The SMILES string of the molecule is CCn1c(C)cc(CNc2ccc(C(F)(F)F)cc2)c1C. The number of nitrogens with one attached hydrogen (secondary N) is 1. The Hall–Kier alpha value is -1.91. The summed E-state index contributed by atoms with van der Waals surface area (Å²) in [6, 6.07) is 7.22. The number of nitrogens with zero attached hydrogens (tertiary/aromatic N) is 1. The van der Waals surface area contributed by atoms with Crippen molar-refractivity contribution < 1.29 is 13.2 Å². The lowest BCUT2D eigenvalue weighted by Gasteiger charge is -2.10. The summed E-state index contributed by atoms with van der Waals surface area (Å²) in [4.78, 5) is 0. The Morgan fingerprint density at radius 1 is 1.10 bits per heavy atom. The lowest BCUT2D eigenvalue weighted by Crippen LogP contribution is -2.06. The first kappa shape index (κ1) is 15.5. The van der Waals surface area contributed by atoms with Crippen LogP contribution in [0.5, 0.6) is 0 Å².